The molecule has 0 saturated heterocycles. The standard InChI is InChI=1S/C8H11BrClNO2S2/c1-6(10)5-11(2)15(12,13)8-4-3-7(9)14-8/h3-4,6H,5H2,1-2H3. The lowest BCUT2D eigenvalue weighted by molar-refractivity contribution is 0.472. The number of alkyl halides is 1. The number of hydrogen-bond acceptors (Lipinski definition) is 3. The molecule has 1 heterocycles. The van der Waals surface area contributed by atoms with E-state index in [-0.39, 0.29) is 5.38 Å². The number of thiophene rings is 1. The maximum atomic E-state index is 11.9. The molecule has 0 radical (unpaired) electrons. The van der Waals surface area contributed by atoms with E-state index in [4.69, 9.17) is 11.6 Å². The van der Waals surface area contributed by atoms with Gasteiger partial charge in [0, 0.05) is 19.0 Å². The van der Waals surface area contributed by atoms with Gasteiger partial charge in [0.25, 0.3) is 10.0 Å². The molecule has 0 aliphatic rings. The Balaban J connectivity index is 2.93. The zero-order valence-electron chi connectivity index (χ0n) is 8.28. The van der Waals surface area contributed by atoms with Crippen molar-refractivity contribution in [3.8, 4) is 0 Å². The Morgan fingerprint density at radius 2 is 2.20 bits per heavy atom. The molecule has 86 valence electrons. The van der Waals surface area contributed by atoms with Crippen LogP contribution in [0.3, 0.4) is 0 Å². The third-order valence-corrected chi connectivity index (χ3v) is 5.77. The lowest BCUT2D eigenvalue weighted by Gasteiger charge is -2.16. The first-order chi connectivity index (χ1) is 6.84. The van der Waals surface area contributed by atoms with Crippen molar-refractivity contribution < 1.29 is 8.42 Å². The van der Waals surface area contributed by atoms with Crippen molar-refractivity contribution in [1.82, 2.24) is 4.31 Å². The molecule has 0 amide bonds. The molecular formula is C8H11BrClNO2S2. The van der Waals surface area contributed by atoms with Crippen LogP contribution in [0.2, 0.25) is 0 Å². The number of sulfonamides is 1. The van der Waals surface area contributed by atoms with Crippen molar-refractivity contribution in [1.29, 1.82) is 0 Å². The first kappa shape index (κ1) is 13.4. The topological polar surface area (TPSA) is 37.4 Å². The quantitative estimate of drug-likeness (QED) is 0.795. The third kappa shape index (κ3) is 3.42. The number of nitrogens with zero attached hydrogens (tertiary/aromatic N) is 1. The molecule has 1 aromatic rings. The van der Waals surface area contributed by atoms with Crippen molar-refractivity contribution in [2.24, 2.45) is 0 Å². The van der Waals surface area contributed by atoms with Crippen LogP contribution in [0.15, 0.2) is 20.1 Å². The normalized spacial score (nSPS) is 14.5. The molecule has 0 bridgehead atoms. The zero-order valence-corrected chi connectivity index (χ0v) is 12.3. The predicted octanol–water partition coefficient (Wildman–Crippen LogP) is 2.76. The van der Waals surface area contributed by atoms with E-state index in [0.29, 0.717) is 10.8 Å². The van der Waals surface area contributed by atoms with Gasteiger partial charge < -0.3 is 0 Å². The van der Waals surface area contributed by atoms with Crippen LogP contribution in [0.4, 0.5) is 0 Å². The molecule has 0 spiro atoms. The first-order valence-corrected chi connectivity index (χ1v) is 7.68. The smallest absolute Gasteiger partial charge is 0.206 e. The maximum Gasteiger partial charge on any atom is 0.252 e. The van der Waals surface area contributed by atoms with Crippen LogP contribution in [0.5, 0.6) is 0 Å². The second-order valence-electron chi connectivity index (χ2n) is 3.12. The summed E-state index contributed by atoms with van der Waals surface area (Å²) in [7, 11) is -1.85. The van der Waals surface area contributed by atoms with Gasteiger partial charge in [0.05, 0.1) is 3.79 Å². The largest absolute Gasteiger partial charge is 0.252 e. The monoisotopic (exact) mass is 331 g/mol. The molecule has 0 aromatic carbocycles. The average molecular weight is 333 g/mol. The highest BCUT2D eigenvalue weighted by Gasteiger charge is 2.23. The van der Waals surface area contributed by atoms with Crippen LogP contribution in [0.1, 0.15) is 6.92 Å². The fourth-order valence-electron chi connectivity index (χ4n) is 1.04. The minimum absolute atomic E-state index is 0.201. The highest BCUT2D eigenvalue weighted by atomic mass is 79.9. The lowest BCUT2D eigenvalue weighted by atomic mass is 10.5. The van der Waals surface area contributed by atoms with Crippen LogP contribution in [-0.4, -0.2) is 31.7 Å². The third-order valence-electron chi connectivity index (χ3n) is 1.72. The molecule has 1 unspecified atom stereocenters. The molecule has 1 aromatic heterocycles. The predicted molar refractivity (Wildman–Crippen MR) is 67.1 cm³/mol. The van der Waals surface area contributed by atoms with E-state index < -0.39 is 10.0 Å². The Labute approximate surface area is 107 Å². The van der Waals surface area contributed by atoms with Gasteiger partial charge >= 0.3 is 0 Å². The van der Waals surface area contributed by atoms with Gasteiger partial charge in [-0.15, -0.1) is 22.9 Å². The molecule has 15 heavy (non-hydrogen) atoms. The summed E-state index contributed by atoms with van der Waals surface area (Å²) < 4.78 is 26.3. The minimum Gasteiger partial charge on any atom is -0.206 e. The lowest BCUT2D eigenvalue weighted by Crippen LogP contribution is -2.30. The van der Waals surface area contributed by atoms with E-state index in [0.717, 1.165) is 3.79 Å². The van der Waals surface area contributed by atoms with E-state index in [2.05, 4.69) is 15.9 Å². The molecule has 3 nitrogen and oxygen atoms in total. The van der Waals surface area contributed by atoms with Gasteiger partial charge in [0.15, 0.2) is 0 Å². The summed E-state index contributed by atoms with van der Waals surface area (Å²) in [5, 5.41) is -0.201. The molecule has 1 atom stereocenters. The van der Waals surface area contributed by atoms with Crippen molar-refractivity contribution in [2.45, 2.75) is 16.5 Å². The fourth-order valence-corrected chi connectivity index (χ4v) is 4.81. The maximum absolute atomic E-state index is 11.9. The molecule has 0 fully saturated rings. The SMILES string of the molecule is CC(Cl)CN(C)S(=O)(=O)c1ccc(Br)s1. The van der Waals surface area contributed by atoms with Gasteiger partial charge in [-0.2, -0.15) is 4.31 Å². The summed E-state index contributed by atoms with van der Waals surface area (Å²) in [5.41, 5.74) is 0. The zero-order chi connectivity index (χ0) is 11.6. The Bertz CT molecular complexity index is 430. The van der Waals surface area contributed by atoms with Gasteiger partial charge in [-0.25, -0.2) is 8.42 Å². The summed E-state index contributed by atoms with van der Waals surface area (Å²) >= 11 is 10.2. The number of rotatable bonds is 4. The van der Waals surface area contributed by atoms with Gasteiger partial charge in [0.1, 0.15) is 4.21 Å². The Kier molecular flexibility index (Phi) is 4.61. The second kappa shape index (κ2) is 5.14. The highest BCUT2D eigenvalue weighted by Crippen LogP contribution is 2.28. The van der Waals surface area contributed by atoms with Crippen LogP contribution >= 0.6 is 38.9 Å². The van der Waals surface area contributed by atoms with Gasteiger partial charge in [-0.1, -0.05) is 0 Å². The Morgan fingerprint density at radius 3 is 2.60 bits per heavy atom. The summed E-state index contributed by atoms with van der Waals surface area (Å²) in [6.07, 6.45) is 0. The van der Waals surface area contributed by atoms with E-state index in [1.807, 2.05) is 0 Å². The van der Waals surface area contributed by atoms with Crippen molar-refractivity contribution in [2.75, 3.05) is 13.6 Å². The summed E-state index contributed by atoms with van der Waals surface area (Å²) in [5.74, 6) is 0. The Hall–Kier alpha value is 0.380. The minimum atomic E-state index is -3.38. The molecule has 0 aliphatic heterocycles. The van der Waals surface area contributed by atoms with Gasteiger partial charge in [0.2, 0.25) is 0 Å². The molecule has 0 N–H and O–H groups in total. The number of halogens is 2. The second-order valence-corrected chi connectivity index (χ2v) is 8.60. The number of hydrogen-bond donors (Lipinski definition) is 0. The van der Waals surface area contributed by atoms with E-state index in [1.54, 1.807) is 19.1 Å². The molecule has 7 heteroatoms. The Morgan fingerprint density at radius 1 is 1.60 bits per heavy atom. The summed E-state index contributed by atoms with van der Waals surface area (Å²) in [6.45, 7) is 2.07. The summed E-state index contributed by atoms with van der Waals surface area (Å²) in [4.78, 5) is 0. The molecular weight excluding hydrogens is 322 g/mol. The molecule has 0 aliphatic carbocycles. The highest BCUT2D eigenvalue weighted by molar-refractivity contribution is 9.11. The molecule has 0 saturated carbocycles. The molecule has 1 rings (SSSR count). The van der Waals surface area contributed by atoms with E-state index >= 15 is 0 Å². The van der Waals surface area contributed by atoms with Crippen molar-refractivity contribution in [3.05, 3.63) is 15.9 Å². The first-order valence-electron chi connectivity index (χ1n) is 4.20. The van der Waals surface area contributed by atoms with Gasteiger partial charge in [-0.3, -0.25) is 0 Å². The summed E-state index contributed by atoms with van der Waals surface area (Å²) in [6, 6.07) is 3.30. The van der Waals surface area contributed by atoms with E-state index in [1.165, 1.54) is 22.7 Å². The van der Waals surface area contributed by atoms with Crippen LogP contribution in [-0.2, 0) is 10.0 Å². The van der Waals surface area contributed by atoms with Crippen LogP contribution < -0.4 is 0 Å². The fraction of sp³-hybridized carbons (Fsp3) is 0.500. The average Bonchev–Trinajstić information content (AvgIpc) is 2.50. The van der Waals surface area contributed by atoms with Gasteiger partial charge in [-0.05, 0) is 35.0 Å². The van der Waals surface area contributed by atoms with Crippen molar-refractivity contribution in [3.63, 3.8) is 0 Å². The van der Waals surface area contributed by atoms with Crippen LogP contribution in [0, 0.1) is 0 Å². The van der Waals surface area contributed by atoms with E-state index in [9.17, 15) is 8.42 Å². The van der Waals surface area contributed by atoms with Crippen molar-refractivity contribution >= 4 is 48.9 Å². The van der Waals surface area contributed by atoms with Crippen LogP contribution in [0.25, 0.3) is 0 Å².